The molecule has 4 atom stereocenters. The Bertz CT molecular complexity index is 2360. The number of alkyl carbamates (subject to hydrolysis) is 1. The molecule has 13 heteroatoms. The van der Waals surface area contributed by atoms with Gasteiger partial charge in [-0.05, 0) is 85.4 Å². The lowest BCUT2D eigenvalue weighted by atomic mass is 9.99. The smallest absolute Gasteiger partial charge is 0.407 e. The van der Waals surface area contributed by atoms with E-state index in [1.807, 2.05) is 104 Å². The molecule has 4 N–H and O–H groups in total. The number of hydrogen-bond acceptors (Lipinski definition) is 8. The van der Waals surface area contributed by atoms with Gasteiger partial charge in [0.25, 0.3) is 0 Å². The summed E-state index contributed by atoms with van der Waals surface area (Å²) in [6.45, 7) is 6.45. The number of aliphatic hydroxyl groups excluding tert-OH is 1. The first kappa shape index (κ1) is 41.5. The van der Waals surface area contributed by atoms with E-state index in [0.29, 0.717) is 39.0 Å². The van der Waals surface area contributed by atoms with Gasteiger partial charge in [-0.25, -0.2) is 14.8 Å². The first-order chi connectivity index (χ1) is 29.7. The van der Waals surface area contributed by atoms with Crippen LogP contribution in [-0.2, 0) is 14.3 Å². The van der Waals surface area contributed by atoms with Crippen molar-refractivity contribution in [3.63, 3.8) is 0 Å². The van der Waals surface area contributed by atoms with Crippen LogP contribution in [-0.4, -0.2) is 103 Å². The number of aliphatic hydroxyl groups is 1. The van der Waals surface area contributed by atoms with E-state index in [1.54, 1.807) is 11.1 Å². The largest absolute Gasteiger partial charge is 0.453 e. The van der Waals surface area contributed by atoms with Gasteiger partial charge in [0, 0.05) is 37.3 Å². The SMILES string of the molecule is COC(=O)NC(C(=O)N1CCCC1c1ncc(-c2ccc(C#Cc3ccc(-c4cnc(C5CCCN5C(=O)C(c5ccccc5)N5CCC(O)CC5)[nH]4)cc3)cc2)[nH]1)C(C)C. The number of ether oxygens (including phenoxy) is 1. The summed E-state index contributed by atoms with van der Waals surface area (Å²) in [5.74, 6) is 7.91. The number of rotatable bonds is 10. The van der Waals surface area contributed by atoms with Crippen LogP contribution in [0.5, 0.6) is 0 Å². The van der Waals surface area contributed by atoms with E-state index in [4.69, 9.17) is 9.72 Å². The standard InChI is InChI=1S/C48H54N8O5/c1-31(2)42(53-48(60)61-3)46(58)55-25-7-11-40(55)44-49-29-38(51-44)34-19-15-32(16-20-34)13-14-33-17-21-35(22-18-33)39-30-50-45(52-39)41-12-8-26-56(41)47(59)43(36-9-5-4-6-10-36)54-27-23-37(57)24-28-54/h4-6,9-10,15-22,29-31,37,40-43,57H,7-8,11-12,23-28H2,1-3H3,(H,49,51)(H,50,52)(H,53,60). The van der Waals surface area contributed by atoms with Crippen LogP contribution in [0.2, 0.25) is 0 Å². The summed E-state index contributed by atoms with van der Waals surface area (Å²) in [5.41, 5.74) is 6.42. The van der Waals surface area contributed by atoms with Crippen molar-refractivity contribution in [1.29, 1.82) is 0 Å². The van der Waals surface area contributed by atoms with Crippen LogP contribution in [0.4, 0.5) is 4.79 Å². The number of methoxy groups -OCH3 is 1. The zero-order chi connectivity index (χ0) is 42.5. The maximum Gasteiger partial charge on any atom is 0.407 e. The zero-order valence-electron chi connectivity index (χ0n) is 35.0. The fourth-order valence-corrected chi connectivity index (χ4v) is 8.87. The molecule has 0 saturated carbocycles. The number of aromatic nitrogens is 4. The van der Waals surface area contributed by atoms with Crippen LogP contribution >= 0.6 is 0 Å². The zero-order valence-corrected chi connectivity index (χ0v) is 35.0. The topological polar surface area (TPSA) is 160 Å². The summed E-state index contributed by atoms with van der Waals surface area (Å²) in [4.78, 5) is 62.3. The number of hydrogen-bond donors (Lipinski definition) is 4. The fourth-order valence-electron chi connectivity index (χ4n) is 8.87. The molecule has 3 aromatic carbocycles. The molecular weight excluding hydrogens is 769 g/mol. The summed E-state index contributed by atoms with van der Waals surface area (Å²) in [7, 11) is 1.29. The first-order valence-corrected chi connectivity index (χ1v) is 21.4. The van der Waals surface area contributed by atoms with Gasteiger partial charge in [-0.15, -0.1) is 0 Å². The number of imidazole rings is 2. The Morgan fingerprint density at radius 3 is 1.72 bits per heavy atom. The molecule has 2 aromatic heterocycles. The molecule has 3 saturated heterocycles. The van der Waals surface area contributed by atoms with Crippen LogP contribution < -0.4 is 5.32 Å². The molecule has 0 bridgehead atoms. The Kier molecular flexibility index (Phi) is 12.6. The molecule has 5 heterocycles. The number of carbonyl (C=O) groups is 3. The van der Waals surface area contributed by atoms with Gasteiger partial charge in [0.1, 0.15) is 23.7 Å². The van der Waals surface area contributed by atoms with Crippen molar-refractivity contribution in [2.75, 3.05) is 33.3 Å². The average Bonchev–Trinajstić information content (AvgIpc) is 4.13. The summed E-state index contributed by atoms with van der Waals surface area (Å²) < 4.78 is 4.76. The predicted octanol–water partition coefficient (Wildman–Crippen LogP) is 6.77. The third-order valence-electron chi connectivity index (χ3n) is 12.2. The fraction of sp³-hybridized carbons (Fsp3) is 0.396. The molecule has 5 aromatic rings. The van der Waals surface area contributed by atoms with Gasteiger partial charge in [0.2, 0.25) is 11.8 Å². The number of amides is 3. The van der Waals surface area contributed by atoms with E-state index in [-0.39, 0.29) is 35.9 Å². The Balaban J connectivity index is 0.898. The minimum absolute atomic E-state index is 0.0879. The first-order valence-electron chi connectivity index (χ1n) is 21.4. The number of aromatic amines is 2. The highest BCUT2D eigenvalue weighted by Gasteiger charge is 2.40. The lowest BCUT2D eigenvalue weighted by Gasteiger charge is -2.38. The molecule has 4 unspecified atom stereocenters. The second-order valence-corrected chi connectivity index (χ2v) is 16.6. The number of benzene rings is 3. The van der Waals surface area contributed by atoms with Crippen molar-refractivity contribution in [2.45, 2.75) is 82.6 Å². The maximum atomic E-state index is 14.3. The average molecular weight is 823 g/mol. The highest BCUT2D eigenvalue weighted by molar-refractivity contribution is 5.86. The molecule has 61 heavy (non-hydrogen) atoms. The Morgan fingerprint density at radius 2 is 1.23 bits per heavy atom. The van der Waals surface area contributed by atoms with Gasteiger partial charge in [-0.1, -0.05) is 80.3 Å². The number of H-pyrrole nitrogens is 2. The van der Waals surface area contributed by atoms with Gasteiger partial charge >= 0.3 is 6.09 Å². The molecule has 0 spiro atoms. The van der Waals surface area contributed by atoms with E-state index in [0.717, 1.165) is 76.5 Å². The second-order valence-electron chi connectivity index (χ2n) is 16.6. The third-order valence-corrected chi connectivity index (χ3v) is 12.2. The monoisotopic (exact) mass is 822 g/mol. The normalized spacial score (nSPS) is 19.4. The molecule has 13 nitrogen and oxygen atoms in total. The summed E-state index contributed by atoms with van der Waals surface area (Å²) in [6.07, 6.45) is 7.43. The minimum atomic E-state index is -0.686. The quantitative estimate of drug-likeness (QED) is 0.112. The van der Waals surface area contributed by atoms with Crippen molar-refractivity contribution < 1.29 is 24.2 Å². The van der Waals surface area contributed by atoms with Crippen LogP contribution in [0.25, 0.3) is 22.5 Å². The van der Waals surface area contributed by atoms with Crippen molar-refractivity contribution in [3.8, 4) is 34.4 Å². The van der Waals surface area contributed by atoms with Gasteiger partial charge in [0.15, 0.2) is 0 Å². The van der Waals surface area contributed by atoms with E-state index < -0.39 is 18.2 Å². The van der Waals surface area contributed by atoms with Crippen molar-refractivity contribution in [3.05, 3.63) is 120 Å². The van der Waals surface area contributed by atoms with Gasteiger partial charge in [0.05, 0.1) is 49.1 Å². The lowest BCUT2D eigenvalue weighted by Crippen LogP contribution is -2.51. The minimum Gasteiger partial charge on any atom is -0.453 e. The Labute approximate surface area is 356 Å². The number of carbonyl (C=O) groups excluding carboxylic acids is 3. The number of nitrogens with one attached hydrogen (secondary N) is 3. The summed E-state index contributed by atoms with van der Waals surface area (Å²) in [6, 6.07) is 24.6. The number of likely N-dealkylation sites (tertiary alicyclic amines) is 3. The number of piperidine rings is 1. The lowest BCUT2D eigenvalue weighted by molar-refractivity contribution is -0.139. The predicted molar refractivity (Wildman–Crippen MR) is 232 cm³/mol. The van der Waals surface area contributed by atoms with Crippen LogP contribution in [0.3, 0.4) is 0 Å². The van der Waals surface area contributed by atoms with E-state index >= 15 is 0 Å². The van der Waals surface area contributed by atoms with E-state index in [9.17, 15) is 19.5 Å². The van der Waals surface area contributed by atoms with Crippen LogP contribution in [0.15, 0.2) is 91.3 Å². The second kappa shape index (κ2) is 18.6. The van der Waals surface area contributed by atoms with Crippen LogP contribution in [0, 0.1) is 17.8 Å². The molecule has 0 aliphatic carbocycles. The molecule has 3 amide bonds. The summed E-state index contributed by atoms with van der Waals surface area (Å²) in [5, 5.41) is 12.9. The Hall–Kier alpha value is -6.23. The highest BCUT2D eigenvalue weighted by atomic mass is 16.5. The molecule has 8 rings (SSSR count). The van der Waals surface area contributed by atoms with Gasteiger partial charge in [-0.2, -0.15) is 0 Å². The third kappa shape index (κ3) is 9.26. The van der Waals surface area contributed by atoms with E-state index in [1.165, 1.54) is 7.11 Å². The van der Waals surface area contributed by atoms with Crippen molar-refractivity contribution in [1.82, 2.24) is 40.0 Å². The number of nitrogens with zero attached hydrogens (tertiary/aromatic N) is 5. The van der Waals surface area contributed by atoms with Gasteiger partial charge < -0.3 is 34.9 Å². The highest BCUT2D eigenvalue weighted by Crippen LogP contribution is 2.37. The van der Waals surface area contributed by atoms with Crippen LogP contribution in [0.1, 0.15) is 98.8 Å². The molecule has 3 fully saturated rings. The van der Waals surface area contributed by atoms with Crippen molar-refractivity contribution >= 4 is 17.9 Å². The molecule has 316 valence electrons. The van der Waals surface area contributed by atoms with E-state index in [2.05, 4.69) is 37.0 Å². The Morgan fingerprint density at radius 1 is 0.721 bits per heavy atom. The molecule has 0 radical (unpaired) electrons. The molecule has 3 aliphatic heterocycles. The molecule has 3 aliphatic rings. The maximum absolute atomic E-state index is 14.3. The van der Waals surface area contributed by atoms with Crippen molar-refractivity contribution in [2.24, 2.45) is 5.92 Å². The summed E-state index contributed by atoms with van der Waals surface area (Å²) >= 11 is 0. The molecular formula is C48H54N8O5. The van der Waals surface area contributed by atoms with Gasteiger partial charge in [-0.3, -0.25) is 14.5 Å².